The number of halogens is 1. The van der Waals surface area contributed by atoms with Gasteiger partial charge in [0, 0.05) is 22.8 Å². The predicted octanol–water partition coefficient (Wildman–Crippen LogP) is 3.65. The lowest BCUT2D eigenvalue weighted by Gasteiger charge is -2.10. The molecule has 3 aromatic rings. The number of nitrogens with one attached hydrogen (secondary N) is 1. The number of hydrogen-bond acceptors (Lipinski definition) is 4. The third-order valence-corrected chi connectivity index (χ3v) is 4.33. The van der Waals surface area contributed by atoms with E-state index >= 15 is 0 Å². The summed E-state index contributed by atoms with van der Waals surface area (Å²) in [6, 6.07) is 7.48. The normalized spacial score (nSPS) is 12.1. The molecule has 0 saturated heterocycles. The zero-order chi connectivity index (χ0) is 16.4. The third kappa shape index (κ3) is 3.29. The number of aromatic nitrogens is 3. The SMILES string of the molecule is Cc1sc(NC(=O)C(C)n2cccn2)nc1-c1ccc(F)cc1. The quantitative estimate of drug-likeness (QED) is 0.794. The van der Waals surface area contributed by atoms with E-state index in [4.69, 9.17) is 0 Å². The van der Waals surface area contributed by atoms with Gasteiger partial charge in [-0.2, -0.15) is 5.10 Å². The zero-order valence-corrected chi connectivity index (χ0v) is 13.5. The Morgan fingerprint density at radius 3 is 2.74 bits per heavy atom. The molecule has 1 atom stereocenters. The Kier molecular flexibility index (Phi) is 4.20. The van der Waals surface area contributed by atoms with Crippen LogP contribution in [0.5, 0.6) is 0 Å². The van der Waals surface area contributed by atoms with E-state index in [1.807, 2.05) is 6.92 Å². The maximum Gasteiger partial charge on any atom is 0.250 e. The molecular formula is C16H15FN4OS. The van der Waals surface area contributed by atoms with E-state index in [9.17, 15) is 9.18 Å². The summed E-state index contributed by atoms with van der Waals surface area (Å²) in [4.78, 5) is 17.7. The molecule has 0 aliphatic carbocycles. The van der Waals surface area contributed by atoms with Crippen molar-refractivity contribution in [3.63, 3.8) is 0 Å². The predicted molar refractivity (Wildman–Crippen MR) is 87.8 cm³/mol. The Morgan fingerprint density at radius 1 is 1.35 bits per heavy atom. The Bertz CT molecular complexity index is 811. The number of anilines is 1. The molecule has 0 aliphatic heterocycles. The van der Waals surface area contributed by atoms with E-state index in [2.05, 4.69) is 15.4 Å². The molecule has 1 N–H and O–H groups in total. The Labute approximate surface area is 136 Å². The number of nitrogens with zero attached hydrogens (tertiary/aromatic N) is 3. The molecule has 0 aliphatic rings. The smallest absolute Gasteiger partial charge is 0.250 e. The molecule has 118 valence electrons. The largest absolute Gasteiger partial charge is 0.300 e. The second kappa shape index (κ2) is 6.29. The van der Waals surface area contributed by atoms with Crippen molar-refractivity contribution in [2.24, 2.45) is 0 Å². The van der Waals surface area contributed by atoms with Crippen LogP contribution in [0.15, 0.2) is 42.7 Å². The van der Waals surface area contributed by atoms with Gasteiger partial charge in [-0.05, 0) is 44.2 Å². The van der Waals surface area contributed by atoms with Crippen LogP contribution in [0.1, 0.15) is 17.8 Å². The van der Waals surface area contributed by atoms with Crippen LogP contribution in [-0.2, 0) is 4.79 Å². The molecule has 7 heteroatoms. The molecule has 0 radical (unpaired) electrons. The first kappa shape index (κ1) is 15.4. The molecule has 0 spiro atoms. The van der Waals surface area contributed by atoms with Crippen molar-refractivity contribution in [1.82, 2.24) is 14.8 Å². The summed E-state index contributed by atoms with van der Waals surface area (Å²) >= 11 is 1.39. The van der Waals surface area contributed by atoms with Gasteiger partial charge in [0.05, 0.1) is 5.69 Å². The van der Waals surface area contributed by atoms with Crippen LogP contribution < -0.4 is 5.32 Å². The van der Waals surface area contributed by atoms with Gasteiger partial charge < -0.3 is 5.32 Å². The van der Waals surface area contributed by atoms with Crippen molar-refractivity contribution in [3.8, 4) is 11.3 Å². The monoisotopic (exact) mass is 330 g/mol. The summed E-state index contributed by atoms with van der Waals surface area (Å²) in [5, 5.41) is 7.39. The van der Waals surface area contributed by atoms with Gasteiger partial charge in [0.1, 0.15) is 11.9 Å². The summed E-state index contributed by atoms with van der Waals surface area (Å²) in [6.07, 6.45) is 3.37. The average molecular weight is 330 g/mol. The zero-order valence-electron chi connectivity index (χ0n) is 12.7. The number of rotatable bonds is 4. The molecule has 0 bridgehead atoms. The van der Waals surface area contributed by atoms with E-state index in [1.54, 1.807) is 42.2 Å². The fourth-order valence-corrected chi connectivity index (χ4v) is 3.00. The van der Waals surface area contributed by atoms with Crippen molar-refractivity contribution in [1.29, 1.82) is 0 Å². The van der Waals surface area contributed by atoms with Crippen LogP contribution in [-0.4, -0.2) is 20.7 Å². The molecule has 2 heterocycles. The summed E-state index contributed by atoms with van der Waals surface area (Å²) in [5.74, 6) is -0.476. The fraction of sp³-hybridized carbons (Fsp3) is 0.188. The van der Waals surface area contributed by atoms with Crippen molar-refractivity contribution >= 4 is 22.4 Å². The van der Waals surface area contributed by atoms with Gasteiger partial charge in [-0.15, -0.1) is 11.3 Å². The minimum absolute atomic E-state index is 0.187. The number of carbonyl (C=O) groups excluding carboxylic acids is 1. The summed E-state index contributed by atoms with van der Waals surface area (Å²) < 4.78 is 14.6. The van der Waals surface area contributed by atoms with Crippen molar-refractivity contribution in [2.75, 3.05) is 5.32 Å². The second-order valence-corrected chi connectivity index (χ2v) is 6.29. The van der Waals surface area contributed by atoms with E-state index in [0.717, 1.165) is 16.1 Å². The Morgan fingerprint density at radius 2 is 2.09 bits per heavy atom. The maximum atomic E-state index is 13.0. The Hall–Kier alpha value is -2.54. The highest BCUT2D eigenvalue weighted by molar-refractivity contribution is 7.16. The molecule has 2 aromatic heterocycles. The van der Waals surface area contributed by atoms with Gasteiger partial charge in [-0.25, -0.2) is 9.37 Å². The highest BCUT2D eigenvalue weighted by Crippen LogP contribution is 2.30. The first-order chi connectivity index (χ1) is 11.0. The lowest BCUT2D eigenvalue weighted by atomic mass is 10.1. The highest BCUT2D eigenvalue weighted by Gasteiger charge is 2.18. The first-order valence-corrected chi connectivity index (χ1v) is 7.89. The van der Waals surface area contributed by atoms with Crippen LogP contribution >= 0.6 is 11.3 Å². The molecule has 0 fully saturated rings. The Balaban J connectivity index is 1.78. The lowest BCUT2D eigenvalue weighted by molar-refractivity contribution is -0.119. The molecule has 0 saturated carbocycles. The number of carbonyl (C=O) groups is 1. The highest BCUT2D eigenvalue weighted by atomic mass is 32.1. The van der Waals surface area contributed by atoms with Gasteiger partial charge in [0.2, 0.25) is 0 Å². The van der Waals surface area contributed by atoms with E-state index < -0.39 is 6.04 Å². The molecule has 3 rings (SSSR count). The number of thiazole rings is 1. The molecule has 1 amide bonds. The van der Waals surface area contributed by atoms with Crippen LogP contribution in [0.4, 0.5) is 9.52 Å². The topological polar surface area (TPSA) is 59.8 Å². The van der Waals surface area contributed by atoms with E-state index in [1.165, 1.54) is 23.5 Å². The van der Waals surface area contributed by atoms with Crippen LogP contribution in [0.25, 0.3) is 11.3 Å². The van der Waals surface area contributed by atoms with E-state index in [0.29, 0.717) is 5.13 Å². The summed E-state index contributed by atoms with van der Waals surface area (Å²) in [5.41, 5.74) is 1.57. The number of amides is 1. The number of benzene rings is 1. The standard InChI is InChI=1S/C16H15FN4OS/c1-10(21-9-3-8-18-21)15(22)20-16-19-14(11(2)23-16)12-4-6-13(17)7-5-12/h3-10H,1-2H3,(H,19,20,22). The van der Waals surface area contributed by atoms with Gasteiger partial charge in [0.15, 0.2) is 5.13 Å². The minimum Gasteiger partial charge on any atom is -0.300 e. The van der Waals surface area contributed by atoms with Crippen LogP contribution in [0.2, 0.25) is 0 Å². The molecule has 1 aromatic carbocycles. The van der Waals surface area contributed by atoms with Crippen molar-refractivity contribution in [3.05, 3.63) is 53.4 Å². The summed E-state index contributed by atoms with van der Waals surface area (Å²) in [6.45, 7) is 3.69. The lowest BCUT2D eigenvalue weighted by Crippen LogP contribution is -2.23. The molecule has 5 nitrogen and oxygen atoms in total. The van der Waals surface area contributed by atoms with Gasteiger partial charge in [0.25, 0.3) is 5.91 Å². The van der Waals surface area contributed by atoms with E-state index in [-0.39, 0.29) is 11.7 Å². The first-order valence-electron chi connectivity index (χ1n) is 7.08. The average Bonchev–Trinajstić information content (AvgIpc) is 3.17. The van der Waals surface area contributed by atoms with Crippen molar-refractivity contribution in [2.45, 2.75) is 19.9 Å². The van der Waals surface area contributed by atoms with Gasteiger partial charge >= 0.3 is 0 Å². The maximum absolute atomic E-state index is 13.0. The van der Waals surface area contributed by atoms with Crippen LogP contribution in [0, 0.1) is 12.7 Å². The summed E-state index contributed by atoms with van der Waals surface area (Å²) in [7, 11) is 0. The minimum atomic E-state index is -0.427. The van der Waals surface area contributed by atoms with Crippen LogP contribution in [0.3, 0.4) is 0 Å². The van der Waals surface area contributed by atoms with Crippen molar-refractivity contribution < 1.29 is 9.18 Å². The third-order valence-electron chi connectivity index (χ3n) is 3.45. The molecular weight excluding hydrogens is 315 g/mol. The molecule has 1 unspecified atom stereocenters. The number of aryl methyl sites for hydroxylation is 1. The fourth-order valence-electron chi connectivity index (χ4n) is 2.17. The van der Waals surface area contributed by atoms with Gasteiger partial charge in [-0.1, -0.05) is 0 Å². The van der Waals surface area contributed by atoms with Gasteiger partial charge in [-0.3, -0.25) is 9.48 Å². The second-order valence-electron chi connectivity index (χ2n) is 5.08. The number of hydrogen-bond donors (Lipinski definition) is 1. The molecule has 23 heavy (non-hydrogen) atoms.